The molecule has 100 valence electrons. The first-order valence-electron chi connectivity index (χ1n) is 6.01. The second-order valence-corrected chi connectivity index (χ2v) is 4.38. The van der Waals surface area contributed by atoms with Gasteiger partial charge >= 0.3 is 5.97 Å². The van der Waals surface area contributed by atoms with E-state index in [1.807, 2.05) is 31.2 Å². The van der Waals surface area contributed by atoms with E-state index in [2.05, 4.69) is 4.74 Å². The topological polar surface area (TPSA) is 55.8 Å². The zero-order valence-corrected chi connectivity index (χ0v) is 11.1. The number of carbonyl (C=O) groups is 1. The van der Waals surface area contributed by atoms with Gasteiger partial charge in [0.1, 0.15) is 5.75 Å². The molecule has 1 aromatic carbocycles. The van der Waals surface area contributed by atoms with Crippen molar-refractivity contribution in [2.75, 3.05) is 13.7 Å². The molecule has 1 rings (SSSR count). The number of hydrogen-bond acceptors (Lipinski definition) is 4. The molecule has 0 aromatic heterocycles. The minimum atomic E-state index is -0.638. The van der Waals surface area contributed by atoms with Crippen molar-refractivity contribution in [1.82, 2.24) is 0 Å². The maximum Gasteiger partial charge on any atom is 0.346 e. The summed E-state index contributed by atoms with van der Waals surface area (Å²) in [6, 6.07) is 7.52. The van der Waals surface area contributed by atoms with Crippen molar-refractivity contribution in [2.24, 2.45) is 5.92 Å². The van der Waals surface area contributed by atoms with Crippen LogP contribution in [0.1, 0.15) is 19.4 Å². The van der Waals surface area contributed by atoms with E-state index in [0.717, 1.165) is 5.56 Å². The summed E-state index contributed by atoms with van der Waals surface area (Å²) in [6.45, 7) is 3.74. The van der Waals surface area contributed by atoms with Gasteiger partial charge in [-0.15, -0.1) is 0 Å². The second-order valence-electron chi connectivity index (χ2n) is 4.38. The van der Waals surface area contributed by atoms with Gasteiger partial charge in [0.25, 0.3) is 0 Å². The highest BCUT2D eigenvalue weighted by Crippen LogP contribution is 2.22. The summed E-state index contributed by atoms with van der Waals surface area (Å²) in [7, 11) is 1.34. The summed E-state index contributed by atoms with van der Waals surface area (Å²) in [6.07, 6.45) is 0.0705. The number of benzene rings is 1. The van der Waals surface area contributed by atoms with Crippen LogP contribution in [0.5, 0.6) is 5.75 Å². The van der Waals surface area contributed by atoms with Gasteiger partial charge in [0.05, 0.1) is 7.11 Å². The third kappa shape index (κ3) is 4.04. The van der Waals surface area contributed by atoms with Crippen molar-refractivity contribution in [3.05, 3.63) is 29.8 Å². The molecule has 1 N–H and O–H groups in total. The Morgan fingerprint density at radius 2 is 2.00 bits per heavy atom. The summed E-state index contributed by atoms with van der Waals surface area (Å²) in [4.78, 5) is 11.3. The summed E-state index contributed by atoms with van der Waals surface area (Å²) in [5, 5.41) is 9.08. The second kappa shape index (κ2) is 7.01. The van der Waals surface area contributed by atoms with E-state index in [1.165, 1.54) is 7.11 Å². The van der Waals surface area contributed by atoms with Gasteiger partial charge in [0.15, 0.2) is 6.10 Å². The number of rotatable bonds is 6. The summed E-state index contributed by atoms with van der Waals surface area (Å²) >= 11 is 0. The lowest BCUT2D eigenvalue weighted by Crippen LogP contribution is -2.25. The molecule has 0 heterocycles. The van der Waals surface area contributed by atoms with Crippen LogP contribution in [0.2, 0.25) is 0 Å². The maximum atomic E-state index is 11.3. The summed E-state index contributed by atoms with van der Waals surface area (Å²) in [5.74, 6) is 0.416. The molecule has 0 aliphatic heterocycles. The number of aliphatic hydroxyl groups excluding tert-OH is 1. The van der Waals surface area contributed by atoms with Gasteiger partial charge in [0, 0.05) is 6.61 Å². The maximum absolute atomic E-state index is 11.3. The molecule has 1 aromatic rings. The van der Waals surface area contributed by atoms with E-state index in [-0.39, 0.29) is 12.5 Å². The van der Waals surface area contributed by atoms with Gasteiger partial charge in [-0.2, -0.15) is 0 Å². The van der Waals surface area contributed by atoms with Crippen LogP contribution in [0.3, 0.4) is 0 Å². The lowest BCUT2D eigenvalue weighted by Gasteiger charge is -2.17. The average molecular weight is 252 g/mol. The SMILES string of the molecule is COC(=O)[C@@H](C)Oc1ccccc1C[C@H](C)CO. The fourth-order valence-electron chi connectivity index (χ4n) is 1.63. The standard InChI is InChI=1S/C14H20O4/c1-10(9-15)8-12-6-4-5-7-13(12)18-11(2)14(16)17-3/h4-7,10-11,15H,8-9H2,1-3H3/t10-,11+/m0/s1. The zero-order chi connectivity index (χ0) is 13.5. The Kier molecular flexibility index (Phi) is 5.65. The molecule has 0 amide bonds. The number of methoxy groups -OCH3 is 1. The fraction of sp³-hybridized carbons (Fsp3) is 0.500. The first kappa shape index (κ1) is 14.5. The van der Waals surface area contributed by atoms with Crippen molar-refractivity contribution in [3.8, 4) is 5.75 Å². The molecule has 0 unspecified atom stereocenters. The van der Waals surface area contributed by atoms with E-state index < -0.39 is 12.1 Å². The first-order valence-corrected chi connectivity index (χ1v) is 6.01. The average Bonchev–Trinajstić information content (AvgIpc) is 2.39. The van der Waals surface area contributed by atoms with Gasteiger partial charge < -0.3 is 14.6 Å². The van der Waals surface area contributed by atoms with Gasteiger partial charge in [0.2, 0.25) is 0 Å². The molecule has 2 atom stereocenters. The van der Waals surface area contributed by atoms with Crippen LogP contribution in [0.25, 0.3) is 0 Å². The van der Waals surface area contributed by atoms with Crippen molar-refractivity contribution < 1.29 is 19.4 Å². The van der Waals surface area contributed by atoms with Crippen LogP contribution in [-0.2, 0) is 16.0 Å². The van der Waals surface area contributed by atoms with Crippen molar-refractivity contribution >= 4 is 5.97 Å². The number of esters is 1. The van der Waals surface area contributed by atoms with Crippen LogP contribution in [-0.4, -0.2) is 30.9 Å². The molecule has 0 saturated heterocycles. The van der Waals surface area contributed by atoms with Gasteiger partial charge in [-0.25, -0.2) is 4.79 Å². The Balaban J connectivity index is 2.78. The molecule has 18 heavy (non-hydrogen) atoms. The molecule has 0 aliphatic carbocycles. The van der Waals surface area contributed by atoms with Crippen LogP contribution in [0.4, 0.5) is 0 Å². The minimum absolute atomic E-state index is 0.126. The molecule has 4 nitrogen and oxygen atoms in total. The monoisotopic (exact) mass is 252 g/mol. The highest BCUT2D eigenvalue weighted by Gasteiger charge is 2.17. The molecule has 4 heteroatoms. The molecular weight excluding hydrogens is 232 g/mol. The smallest absolute Gasteiger partial charge is 0.346 e. The molecular formula is C14H20O4. The first-order chi connectivity index (χ1) is 8.58. The highest BCUT2D eigenvalue weighted by atomic mass is 16.6. The quantitative estimate of drug-likeness (QED) is 0.784. The fourth-order valence-corrected chi connectivity index (χ4v) is 1.63. The summed E-state index contributed by atoms with van der Waals surface area (Å²) < 4.78 is 10.2. The van der Waals surface area contributed by atoms with Gasteiger partial charge in [-0.3, -0.25) is 0 Å². The predicted molar refractivity (Wildman–Crippen MR) is 68.5 cm³/mol. The number of carbonyl (C=O) groups excluding carboxylic acids is 1. The van der Waals surface area contributed by atoms with Crippen LogP contribution in [0.15, 0.2) is 24.3 Å². The van der Waals surface area contributed by atoms with Gasteiger partial charge in [-0.05, 0) is 30.9 Å². The van der Waals surface area contributed by atoms with E-state index in [4.69, 9.17) is 9.84 Å². The largest absolute Gasteiger partial charge is 0.479 e. The van der Waals surface area contributed by atoms with Crippen molar-refractivity contribution in [3.63, 3.8) is 0 Å². The Labute approximate surface area is 108 Å². The Hall–Kier alpha value is -1.55. The molecule has 0 fully saturated rings. The molecule has 0 bridgehead atoms. The van der Waals surface area contributed by atoms with E-state index in [1.54, 1.807) is 6.92 Å². The molecule has 0 radical (unpaired) electrons. The molecule has 0 spiro atoms. The molecule has 0 saturated carbocycles. The highest BCUT2D eigenvalue weighted by molar-refractivity contribution is 5.74. The lowest BCUT2D eigenvalue weighted by molar-refractivity contribution is -0.147. The summed E-state index contributed by atoms with van der Waals surface area (Å²) in [5.41, 5.74) is 0.981. The molecule has 0 aliphatic rings. The van der Waals surface area contributed by atoms with E-state index in [9.17, 15) is 4.79 Å². The van der Waals surface area contributed by atoms with Crippen molar-refractivity contribution in [1.29, 1.82) is 0 Å². The van der Waals surface area contributed by atoms with Gasteiger partial charge in [-0.1, -0.05) is 25.1 Å². The zero-order valence-electron chi connectivity index (χ0n) is 11.1. The third-order valence-electron chi connectivity index (χ3n) is 2.69. The Morgan fingerprint density at radius 3 is 2.61 bits per heavy atom. The number of ether oxygens (including phenoxy) is 2. The number of aliphatic hydroxyl groups is 1. The Bertz CT molecular complexity index is 389. The van der Waals surface area contributed by atoms with E-state index in [0.29, 0.717) is 12.2 Å². The normalized spacial score (nSPS) is 13.8. The van der Waals surface area contributed by atoms with E-state index >= 15 is 0 Å². The minimum Gasteiger partial charge on any atom is -0.479 e. The predicted octanol–water partition coefficient (Wildman–Crippen LogP) is 1.80. The number of para-hydroxylation sites is 1. The number of hydrogen-bond donors (Lipinski definition) is 1. The van der Waals surface area contributed by atoms with Crippen LogP contribution < -0.4 is 4.74 Å². The third-order valence-corrected chi connectivity index (χ3v) is 2.69. The van der Waals surface area contributed by atoms with Crippen LogP contribution >= 0.6 is 0 Å². The van der Waals surface area contributed by atoms with Crippen molar-refractivity contribution in [2.45, 2.75) is 26.4 Å². The van der Waals surface area contributed by atoms with Crippen LogP contribution in [0, 0.1) is 5.92 Å². The lowest BCUT2D eigenvalue weighted by atomic mass is 10.0. The Morgan fingerprint density at radius 1 is 1.33 bits per heavy atom.